The third-order valence-electron chi connectivity index (χ3n) is 1.26. The summed E-state index contributed by atoms with van der Waals surface area (Å²) in [5.41, 5.74) is 8.51. The van der Waals surface area contributed by atoms with Crippen molar-refractivity contribution in [3.8, 4) is 0 Å². The number of hydrogen-bond donors (Lipinski definition) is 0. The fourth-order valence-electron chi connectivity index (χ4n) is 0.747. The lowest BCUT2D eigenvalue weighted by Gasteiger charge is -1.90. The van der Waals surface area contributed by atoms with Crippen molar-refractivity contribution in [3.05, 3.63) is 40.7 Å². The Labute approximate surface area is 63.8 Å². The second-order valence-electron chi connectivity index (χ2n) is 1.99. The summed E-state index contributed by atoms with van der Waals surface area (Å²) >= 11 is 0. The Morgan fingerprint density at radius 1 is 1.73 bits per heavy atom. The lowest BCUT2D eigenvalue weighted by atomic mass is 10.2. The van der Waals surface area contributed by atoms with Crippen LogP contribution in [0.4, 0.5) is 0 Å². The van der Waals surface area contributed by atoms with Gasteiger partial charge >= 0.3 is 0 Å². The fourth-order valence-corrected chi connectivity index (χ4v) is 0.747. The molecule has 0 saturated heterocycles. The fraction of sp³-hybridized carbons (Fsp3) is 0.143. The predicted octanol–water partition coefficient (Wildman–Crippen LogP) is 1.57. The van der Waals surface area contributed by atoms with E-state index in [4.69, 9.17) is 5.53 Å². The van der Waals surface area contributed by atoms with Crippen LogP contribution in [0.5, 0.6) is 0 Å². The first-order chi connectivity index (χ1) is 5.34. The van der Waals surface area contributed by atoms with Gasteiger partial charge in [-0.2, -0.15) is 0 Å². The molecule has 1 radical (unpaired) electrons. The predicted molar refractivity (Wildman–Crippen MR) is 40.5 cm³/mol. The summed E-state index contributed by atoms with van der Waals surface area (Å²) in [7, 11) is 0. The van der Waals surface area contributed by atoms with Crippen LogP contribution in [-0.2, 0) is 4.79 Å². The van der Waals surface area contributed by atoms with E-state index in [1.54, 1.807) is 24.6 Å². The third kappa shape index (κ3) is 1.95. The highest BCUT2D eigenvalue weighted by Crippen LogP contribution is 2.08. The quantitative estimate of drug-likeness (QED) is 0.340. The number of hydrogen-bond acceptors (Lipinski definition) is 2. The first-order valence-corrected chi connectivity index (χ1v) is 3.10. The summed E-state index contributed by atoms with van der Waals surface area (Å²) in [5.74, 6) is -0.146. The van der Waals surface area contributed by atoms with Gasteiger partial charge in [0.2, 0.25) is 0 Å². The van der Waals surface area contributed by atoms with Crippen molar-refractivity contribution >= 4 is 5.78 Å². The van der Waals surface area contributed by atoms with Gasteiger partial charge in [0.1, 0.15) is 0 Å². The molecule has 11 heavy (non-hydrogen) atoms. The van der Waals surface area contributed by atoms with E-state index in [1.165, 1.54) is 0 Å². The van der Waals surface area contributed by atoms with Gasteiger partial charge in [-0.15, -0.1) is 0 Å². The largest absolute Gasteiger partial charge is 0.294 e. The van der Waals surface area contributed by atoms with Gasteiger partial charge in [0, 0.05) is 16.9 Å². The molecule has 0 aromatic carbocycles. The van der Waals surface area contributed by atoms with E-state index in [0.29, 0.717) is 5.57 Å². The molecule has 1 aliphatic carbocycles. The van der Waals surface area contributed by atoms with E-state index < -0.39 is 0 Å². The minimum absolute atomic E-state index is 0.0967. The van der Waals surface area contributed by atoms with E-state index >= 15 is 0 Å². The third-order valence-corrected chi connectivity index (χ3v) is 1.26. The van der Waals surface area contributed by atoms with Crippen LogP contribution in [-0.4, -0.2) is 12.3 Å². The number of azide groups is 1. The maximum atomic E-state index is 11.0. The van der Waals surface area contributed by atoms with Crippen LogP contribution in [0.2, 0.25) is 0 Å². The first kappa shape index (κ1) is 7.57. The number of rotatable bonds is 3. The van der Waals surface area contributed by atoms with Crippen molar-refractivity contribution in [2.45, 2.75) is 0 Å². The number of allylic oxidation sites excluding steroid dienone is 3. The molecule has 0 amide bonds. The Balaban J connectivity index is 2.54. The molecule has 0 fully saturated rings. The van der Waals surface area contributed by atoms with E-state index in [9.17, 15) is 4.79 Å². The standard InChI is InChI=1S/C7H6N3O/c8-10-9-5-7(11)6-3-1-2-4-6/h1-4H,5H2. The Bertz CT molecular complexity index is 271. The van der Waals surface area contributed by atoms with Crippen molar-refractivity contribution in [2.75, 3.05) is 6.54 Å². The topological polar surface area (TPSA) is 65.8 Å². The second-order valence-corrected chi connectivity index (χ2v) is 1.99. The van der Waals surface area contributed by atoms with Gasteiger partial charge in [-0.05, 0) is 5.53 Å². The summed E-state index contributed by atoms with van der Waals surface area (Å²) in [5, 5.41) is 3.16. The summed E-state index contributed by atoms with van der Waals surface area (Å²) in [6, 6.07) is 0. The van der Waals surface area contributed by atoms with E-state index in [1.807, 2.05) is 0 Å². The SMILES string of the molecule is [N-]=[N+]=NCC(=O)C1=C[CH]C=C1. The molecule has 0 unspecified atom stereocenters. The minimum Gasteiger partial charge on any atom is -0.294 e. The van der Waals surface area contributed by atoms with E-state index in [2.05, 4.69) is 10.0 Å². The molecule has 0 N–H and O–H groups in total. The van der Waals surface area contributed by atoms with Gasteiger partial charge in [-0.3, -0.25) is 4.79 Å². The lowest BCUT2D eigenvalue weighted by Crippen LogP contribution is -2.02. The van der Waals surface area contributed by atoms with Crippen LogP contribution in [0, 0.1) is 6.42 Å². The Hall–Kier alpha value is -1.54. The molecular formula is C7H6N3O. The number of carbonyl (C=O) groups excluding carboxylic acids is 1. The molecule has 0 aromatic heterocycles. The molecule has 0 spiro atoms. The zero-order valence-corrected chi connectivity index (χ0v) is 5.77. The molecule has 0 aliphatic heterocycles. The van der Waals surface area contributed by atoms with Gasteiger partial charge in [-0.25, -0.2) is 0 Å². The smallest absolute Gasteiger partial charge is 0.168 e. The summed E-state index contributed by atoms with van der Waals surface area (Å²) in [6.07, 6.45) is 6.91. The normalized spacial score (nSPS) is 14.0. The highest BCUT2D eigenvalue weighted by molar-refractivity contribution is 6.00. The zero-order valence-electron chi connectivity index (χ0n) is 5.77. The van der Waals surface area contributed by atoms with Gasteiger partial charge in [-0.1, -0.05) is 23.3 Å². The zero-order chi connectivity index (χ0) is 8.10. The van der Waals surface area contributed by atoms with Crippen LogP contribution in [0.1, 0.15) is 0 Å². The molecule has 4 heteroatoms. The Kier molecular flexibility index (Phi) is 2.47. The van der Waals surface area contributed by atoms with Crippen LogP contribution in [0.15, 0.2) is 28.9 Å². The van der Waals surface area contributed by atoms with Crippen molar-refractivity contribution in [2.24, 2.45) is 5.11 Å². The van der Waals surface area contributed by atoms with Crippen LogP contribution in [0.3, 0.4) is 0 Å². The highest BCUT2D eigenvalue weighted by atomic mass is 16.1. The molecule has 1 rings (SSSR count). The number of Topliss-reactive ketones (excluding diaryl/α,β-unsaturated/α-hetero) is 1. The molecule has 0 saturated carbocycles. The average molecular weight is 148 g/mol. The van der Waals surface area contributed by atoms with Crippen molar-refractivity contribution in [1.29, 1.82) is 0 Å². The van der Waals surface area contributed by atoms with Crippen molar-refractivity contribution < 1.29 is 4.79 Å². The molecule has 0 heterocycles. The first-order valence-electron chi connectivity index (χ1n) is 3.10. The van der Waals surface area contributed by atoms with Crippen molar-refractivity contribution in [3.63, 3.8) is 0 Å². The molecular weight excluding hydrogens is 142 g/mol. The van der Waals surface area contributed by atoms with Gasteiger partial charge in [0.25, 0.3) is 0 Å². The van der Waals surface area contributed by atoms with Gasteiger partial charge < -0.3 is 0 Å². The molecule has 0 atom stereocenters. The van der Waals surface area contributed by atoms with E-state index in [0.717, 1.165) is 0 Å². The van der Waals surface area contributed by atoms with E-state index in [-0.39, 0.29) is 12.3 Å². The molecule has 0 aromatic rings. The molecule has 4 nitrogen and oxygen atoms in total. The number of ketones is 1. The average Bonchev–Trinajstić information content (AvgIpc) is 2.52. The van der Waals surface area contributed by atoms with Gasteiger partial charge in [0.05, 0.1) is 6.54 Å². The monoisotopic (exact) mass is 148 g/mol. The molecule has 0 bridgehead atoms. The number of carbonyl (C=O) groups is 1. The molecule has 1 aliphatic rings. The van der Waals surface area contributed by atoms with Crippen molar-refractivity contribution in [1.82, 2.24) is 0 Å². The summed E-state index contributed by atoms with van der Waals surface area (Å²) in [6.45, 7) is -0.0967. The van der Waals surface area contributed by atoms with Crippen LogP contribution >= 0.6 is 0 Å². The summed E-state index contributed by atoms with van der Waals surface area (Å²) in [4.78, 5) is 13.5. The minimum atomic E-state index is -0.146. The maximum Gasteiger partial charge on any atom is 0.168 e. The van der Waals surface area contributed by atoms with Crippen LogP contribution < -0.4 is 0 Å². The Morgan fingerprint density at radius 3 is 3.09 bits per heavy atom. The van der Waals surface area contributed by atoms with Crippen LogP contribution in [0.25, 0.3) is 10.4 Å². The summed E-state index contributed by atoms with van der Waals surface area (Å²) < 4.78 is 0. The molecule has 55 valence electrons. The second kappa shape index (κ2) is 3.58. The number of nitrogens with zero attached hydrogens (tertiary/aromatic N) is 3. The lowest BCUT2D eigenvalue weighted by molar-refractivity contribution is -0.113. The Morgan fingerprint density at radius 2 is 2.55 bits per heavy atom. The highest BCUT2D eigenvalue weighted by Gasteiger charge is 2.06. The van der Waals surface area contributed by atoms with Gasteiger partial charge in [0.15, 0.2) is 5.78 Å². The maximum absolute atomic E-state index is 11.0.